The normalized spacial score (nSPS) is 21.4. The number of fused-ring (bicyclic) bond motifs is 3. The number of carboxylic acid groups (broad SMARTS) is 1. The average molecular weight is 529 g/mol. The van der Waals surface area contributed by atoms with E-state index in [1.54, 1.807) is 11.0 Å². The topological polar surface area (TPSA) is 107 Å². The van der Waals surface area contributed by atoms with Crippen LogP contribution in [0.25, 0.3) is 11.0 Å². The Kier molecular flexibility index (Phi) is 7.18. The van der Waals surface area contributed by atoms with Crippen LogP contribution in [0, 0.1) is 5.92 Å². The number of nitrogens with zero attached hydrogens (tertiary/aromatic N) is 4. The number of pyridine rings is 1. The fourth-order valence-electron chi connectivity index (χ4n) is 5.84. The van der Waals surface area contributed by atoms with Crippen LogP contribution in [-0.4, -0.2) is 51.5 Å². The molecule has 0 spiro atoms. The molecule has 9 nitrogen and oxygen atoms in total. The van der Waals surface area contributed by atoms with Gasteiger partial charge in [0.25, 0.3) is 0 Å². The van der Waals surface area contributed by atoms with E-state index in [9.17, 15) is 23.5 Å². The van der Waals surface area contributed by atoms with E-state index >= 15 is 0 Å². The molecule has 1 N–H and O–H groups in total. The number of carboxylic acids is 1. The van der Waals surface area contributed by atoms with E-state index in [0.29, 0.717) is 19.3 Å². The summed E-state index contributed by atoms with van der Waals surface area (Å²) in [6, 6.07) is 6.85. The van der Waals surface area contributed by atoms with Crippen LogP contribution in [0.1, 0.15) is 62.0 Å². The molecule has 1 unspecified atom stereocenters. The second-order valence-corrected chi connectivity index (χ2v) is 9.97. The zero-order chi connectivity index (χ0) is 27.0. The molecule has 0 bridgehead atoms. The van der Waals surface area contributed by atoms with Gasteiger partial charge in [-0.25, -0.2) is 14.8 Å². The molecule has 11 heteroatoms. The van der Waals surface area contributed by atoms with Gasteiger partial charge in [0.15, 0.2) is 0 Å². The van der Waals surface area contributed by atoms with Gasteiger partial charge in [-0.1, -0.05) is 12.5 Å². The maximum absolute atomic E-state index is 12.6. The van der Waals surface area contributed by atoms with Gasteiger partial charge in [-0.05, 0) is 56.7 Å². The van der Waals surface area contributed by atoms with Gasteiger partial charge in [0.2, 0.25) is 5.88 Å². The number of alkyl halides is 2. The fourth-order valence-corrected chi connectivity index (χ4v) is 5.84. The number of hydrogen-bond acceptors (Lipinski definition) is 6. The van der Waals surface area contributed by atoms with Crippen LogP contribution in [0.4, 0.5) is 19.3 Å². The first kappa shape index (κ1) is 25.9. The van der Waals surface area contributed by atoms with Gasteiger partial charge < -0.3 is 19.1 Å². The standard InChI is InChI=1S/C27H30F2N4O5/c1-15-6-8-19-20(32(15)27(36)37-2)9-10-21-24(19)31-22(12-16-7-11-23(30-14-16)38-26(28)29)33(21)18-5-3-4-17(13-18)25(34)35/h7,9-11,14-15,17-18,26H,3-6,8,12-13H2,1-2H3,(H,34,35)/t15?,17-,18-/m1/s1. The molecule has 1 fully saturated rings. The number of methoxy groups -OCH3 is 1. The Hall–Kier alpha value is -3.76. The summed E-state index contributed by atoms with van der Waals surface area (Å²) in [5.41, 5.74) is 4.14. The first-order chi connectivity index (χ1) is 18.3. The molecule has 3 atom stereocenters. The number of imidazole rings is 1. The number of rotatable bonds is 6. The van der Waals surface area contributed by atoms with E-state index in [1.165, 1.54) is 19.4 Å². The molecule has 1 aromatic carbocycles. The van der Waals surface area contributed by atoms with E-state index in [-0.39, 0.29) is 18.0 Å². The number of amides is 1. The number of aromatic nitrogens is 3. The molecule has 1 aliphatic heterocycles. The Morgan fingerprint density at radius 2 is 2.00 bits per heavy atom. The predicted octanol–water partition coefficient (Wildman–Crippen LogP) is 5.35. The lowest BCUT2D eigenvalue weighted by Gasteiger charge is -2.34. The lowest BCUT2D eigenvalue weighted by molar-refractivity contribution is -0.143. The number of aryl methyl sites for hydroxylation is 1. The highest BCUT2D eigenvalue weighted by Gasteiger charge is 2.34. The van der Waals surface area contributed by atoms with Crippen LogP contribution in [0.3, 0.4) is 0 Å². The summed E-state index contributed by atoms with van der Waals surface area (Å²) in [6.07, 6.45) is 5.68. The number of aliphatic carboxylic acids is 1. The zero-order valence-electron chi connectivity index (χ0n) is 21.3. The van der Waals surface area contributed by atoms with Crippen LogP contribution < -0.4 is 9.64 Å². The molecule has 0 saturated heterocycles. The minimum absolute atomic E-state index is 0.0244. The van der Waals surface area contributed by atoms with Gasteiger partial charge in [0, 0.05) is 36.3 Å². The molecule has 1 aliphatic carbocycles. The molecular formula is C27H30F2N4O5. The summed E-state index contributed by atoms with van der Waals surface area (Å²) in [5, 5.41) is 9.70. The van der Waals surface area contributed by atoms with Gasteiger partial charge in [-0.2, -0.15) is 8.78 Å². The van der Waals surface area contributed by atoms with Crippen molar-refractivity contribution in [3.63, 3.8) is 0 Å². The Labute approximate surface area is 218 Å². The Morgan fingerprint density at radius 3 is 2.68 bits per heavy atom. The third-order valence-electron chi connectivity index (χ3n) is 7.63. The van der Waals surface area contributed by atoms with Crippen LogP contribution in [-0.2, 0) is 22.4 Å². The van der Waals surface area contributed by atoms with Crippen molar-refractivity contribution in [2.24, 2.45) is 5.92 Å². The van der Waals surface area contributed by atoms with E-state index in [1.807, 2.05) is 19.1 Å². The molecule has 0 radical (unpaired) electrons. The minimum Gasteiger partial charge on any atom is -0.481 e. The molecular weight excluding hydrogens is 498 g/mol. The molecule has 3 aromatic rings. The highest BCUT2D eigenvalue weighted by atomic mass is 19.3. The van der Waals surface area contributed by atoms with Crippen molar-refractivity contribution in [3.8, 4) is 5.88 Å². The molecule has 1 amide bonds. The number of benzene rings is 1. The van der Waals surface area contributed by atoms with Crippen LogP contribution in [0.15, 0.2) is 30.5 Å². The highest BCUT2D eigenvalue weighted by molar-refractivity contribution is 5.95. The first-order valence-electron chi connectivity index (χ1n) is 12.8. The number of carbonyl (C=O) groups is 2. The van der Waals surface area contributed by atoms with Gasteiger partial charge in [-0.15, -0.1) is 0 Å². The van der Waals surface area contributed by atoms with Crippen molar-refractivity contribution in [3.05, 3.63) is 47.4 Å². The number of carbonyl (C=O) groups excluding carboxylic acids is 1. The summed E-state index contributed by atoms with van der Waals surface area (Å²) in [7, 11) is 1.36. The summed E-state index contributed by atoms with van der Waals surface area (Å²) < 4.78 is 36.6. The molecule has 202 valence electrons. The largest absolute Gasteiger partial charge is 0.481 e. The van der Waals surface area contributed by atoms with Crippen molar-refractivity contribution in [1.29, 1.82) is 0 Å². The van der Waals surface area contributed by atoms with Crippen molar-refractivity contribution in [2.75, 3.05) is 12.0 Å². The minimum atomic E-state index is -2.95. The van der Waals surface area contributed by atoms with Crippen LogP contribution >= 0.6 is 0 Å². The van der Waals surface area contributed by atoms with Crippen LogP contribution in [0.5, 0.6) is 5.88 Å². The van der Waals surface area contributed by atoms with Gasteiger partial charge in [0.1, 0.15) is 5.82 Å². The van der Waals surface area contributed by atoms with E-state index in [4.69, 9.17) is 9.72 Å². The second kappa shape index (κ2) is 10.5. The average Bonchev–Trinajstić information content (AvgIpc) is 3.27. The lowest BCUT2D eigenvalue weighted by Crippen LogP contribution is -2.42. The summed E-state index contributed by atoms with van der Waals surface area (Å²) in [4.78, 5) is 35.1. The highest BCUT2D eigenvalue weighted by Crippen LogP contribution is 2.41. The van der Waals surface area contributed by atoms with Gasteiger partial charge in [0.05, 0.1) is 29.7 Å². The van der Waals surface area contributed by atoms with E-state index < -0.39 is 24.6 Å². The lowest BCUT2D eigenvalue weighted by atomic mass is 9.85. The smallest absolute Gasteiger partial charge is 0.414 e. The van der Waals surface area contributed by atoms with Gasteiger partial charge >= 0.3 is 18.7 Å². The third kappa shape index (κ3) is 4.89. The van der Waals surface area contributed by atoms with Gasteiger partial charge in [-0.3, -0.25) is 9.69 Å². The predicted molar refractivity (Wildman–Crippen MR) is 135 cm³/mol. The quantitative estimate of drug-likeness (QED) is 0.460. The summed E-state index contributed by atoms with van der Waals surface area (Å²) >= 11 is 0. The molecule has 1 saturated carbocycles. The zero-order valence-corrected chi connectivity index (χ0v) is 21.3. The monoisotopic (exact) mass is 528 g/mol. The second-order valence-electron chi connectivity index (χ2n) is 9.97. The van der Waals surface area contributed by atoms with Crippen molar-refractivity contribution >= 4 is 28.8 Å². The molecule has 2 aliphatic rings. The van der Waals surface area contributed by atoms with E-state index in [0.717, 1.165) is 59.4 Å². The first-order valence-corrected chi connectivity index (χ1v) is 12.8. The van der Waals surface area contributed by atoms with E-state index in [2.05, 4.69) is 14.3 Å². The SMILES string of the molecule is COC(=O)N1c2ccc3c(nc(Cc4ccc(OC(F)F)nc4)n3[C@@H]3CCC[C@@H](C(=O)O)C3)c2CCC1C. The summed E-state index contributed by atoms with van der Waals surface area (Å²) in [5.74, 6) is -0.656. The van der Waals surface area contributed by atoms with Crippen molar-refractivity contribution in [2.45, 2.75) is 70.6 Å². The molecule has 38 heavy (non-hydrogen) atoms. The number of ether oxygens (including phenoxy) is 2. The van der Waals surface area contributed by atoms with Crippen molar-refractivity contribution < 1.29 is 33.0 Å². The number of hydrogen-bond donors (Lipinski definition) is 1. The molecule has 3 heterocycles. The fraction of sp³-hybridized carbons (Fsp3) is 0.481. The van der Waals surface area contributed by atoms with Crippen molar-refractivity contribution in [1.82, 2.24) is 14.5 Å². The Morgan fingerprint density at radius 1 is 1.18 bits per heavy atom. The maximum Gasteiger partial charge on any atom is 0.414 e. The Bertz CT molecular complexity index is 1340. The number of anilines is 1. The molecule has 5 rings (SSSR count). The summed E-state index contributed by atoms with van der Waals surface area (Å²) in [6.45, 7) is -0.971. The third-order valence-corrected chi connectivity index (χ3v) is 7.63. The molecule has 2 aromatic heterocycles. The van der Waals surface area contributed by atoms with Crippen LogP contribution in [0.2, 0.25) is 0 Å². The Balaban J connectivity index is 1.59. The maximum atomic E-state index is 12.6. The number of halogens is 2.